The van der Waals surface area contributed by atoms with Crippen molar-refractivity contribution in [2.45, 2.75) is 20.4 Å². The van der Waals surface area contributed by atoms with Crippen LogP contribution in [0.15, 0.2) is 49.1 Å². The van der Waals surface area contributed by atoms with Crippen molar-refractivity contribution in [2.75, 3.05) is 13.7 Å². The zero-order valence-electron chi connectivity index (χ0n) is 15.3. The Bertz CT molecular complexity index is 828. The Kier molecular flexibility index (Phi) is 6.55. The third kappa shape index (κ3) is 4.72. The van der Waals surface area contributed by atoms with Crippen molar-refractivity contribution in [2.24, 2.45) is 0 Å². The van der Waals surface area contributed by atoms with Crippen LogP contribution in [0.4, 0.5) is 0 Å². The molecular formula is C21H23NO4. The van der Waals surface area contributed by atoms with Gasteiger partial charge in [0.25, 0.3) is 0 Å². The van der Waals surface area contributed by atoms with Crippen LogP contribution in [0.2, 0.25) is 0 Å². The first-order chi connectivity index (χ1) is 12.5. The molecule has 0 radical (unpaired) electrons. The number of carbonyl (C=O) groups excluding carboxylic acids is 2. The van der Waals surface area contributed by atoms with Crippen molar-refractivity contribution in [3.63, 3.8) is 0 Å². The highest BCUT2D eigenvalue weighted by Crippen LogP contribution is 2.16. The predicted octanol–water partition coefficient (Wildman–Crippen LogP) is 3.74. The molecule has 0 saturated carbocycles. The second-order valence-corrected chi connectivity index (χ2v) is 5.82. The summed E-state index contributed by atoms with van der Waals surface area (Å²) >= 11 is 0. The number of hydrogen-bond donors (Lipinski definition) is 0. The highest BCUT2D eigenvalue weighted by atomic mass is 16.5. The number of methoxy groups -OCH3 is 1. The van der Waals surface area contributed by atoms with Crippen molar-refractivity contribution >= 4 is 17.8 Å². The van der Waals surface area contributed by atoms with Crippen LogP contribution in [0.5, 0.6) is 5.75 Å². The lowest BCUT2D eigenvalue weighted by Crippen LogP contribution is -2.13. The first-order valence-corrected chi connectivity index (χ1v) is 8.26. The molecule has 2 rings (SSSR count). The van der Waals surface area contributed by atoms with E-state index in [-0.39, 0.29) is 12.4 Å². The molecular weight excluding hydrogens is 330 g/mol. The first kappa shape index (κ1) is 19.2. The minimum atomic E-state index is -0.561. The van der Waals surface area contributed by atoms with E-state index in [1.807, 2.05) is 36.6 Å². The molecule has 5 nitrogen and oxygen atoms in total. The number of Topliss-reactive ketones (excluding diaryl/α,β-unsaturated/α-hetero) is 1. The molecule has 0 fully saturated rings. The molecule has 0 unspecified atom stereocenters. The summed E-state index contributed by atoms with van der Waals surface area (Å²) in [6.07, 6.45) is 4.70. The molecule has 1 aromatic heterocycles. The Morgan fingerprint density at radius 3 is 2.50 bits per heavy atom. The summed E-state index contributed by atoms with van der Waals surface area (Å²) in [5.41, 5.74) is 3.21. The standard InChI is InChI=1S/C21H23NO4/c1-5-12-22-15(2)13-19(16(22)3)20(23)14-26-21(24)11-8-17-6-9-18(25-4)10-7-17/h5-11,13H,1,12,14H2,2-4H3. The van der Waals surface area contributed by atoms with Crippen LogP contribution >= 0.6 is 0 Å². The SMILES string of the molecule is C=CCn1c(C)cc(C(=O)COC(=O)C=Cc2ccc(OC)cc2)c1C. The Hall–Kier alpha value is -3.08. The van der Waals surface area contributed by atoms with Crippen LogP contribution in [-0.4, -0.2) is 30.0 Å². The normalized spacial score (nSPS) is 10.7. The van der Waals surface area contributed by atoms with E-state index in [2.05, 4.69) is 6.58 Å². The molecule has 0 amide bonds. The summed E-state index contributed by atoms with van der Waals surface area (Å²) in [6, 6.07) is 9.05. The molecule has 5 heteroatoms. The first-order valence-electron chi connectivity index (χ1n) is 8.26. The fourth-order valence-electron chi connectivity index (χ4n) is 2.64. The van der Waals surface area contributed by atoms with Gasteiger partial charge in [-0.1, -0.05) is 18.2 Å². The maximum atomic E-state index is 12.3. The molecule has 0 N–H and O–H groups in total. The number of benzene rings is 1. The number of ketones is 1. The van der Waals surface area contributed by atoms with E-state index in [0.717, 1.165) is 22.7 Å². The van der Waals surface area contributed by atoms with Gasteiger partial charge in [0, 0.05) is 29.6 Å². The second kappa shape index (κ2) is 8.85. The van der Waals surface area contributed by atoms with E-state index < -0.39 is 5.97 Å². The number of esters is 1. The third-order valence-electron chi connectivity index (χ3n) is 4.06. The number of aryl methyl sites for hydroxylation is 1. The molecule has 1 aromatic carbocycles. The van der Waals surface area contributed by atoms with E-state index in [0.29, 0.717) is 12.1 Å². The lowest BCUT2D eigenvalue weighted by molar-refractivity contribution is -0.136. The van der Waals surface area contributed by atoms with Gasteiger partial charge in [0.15, 0.2) is 6.61 Å². The lowest BCUT2D eigenvalue weighted by Gasteiger charge is -2.06. The maximum Gasteiger partial charge on any atom is 0.331 e. The molecule has 0 saturated heterocycles. The fraction of sp³-hybridized carbons (Fsp3) is 0.238. The van der Waals surface area contributed by atoms with Gasteiger partial charge in [-0.05, 0) is 43.7 Å². The van der Waals surface area contributed by atoms with Gasteiger partial charge < -0.3 is 14.0 Å². The number of allylic oxidation sites excluding steroid dienone is 1. The van der Waals surface area contributed by atoms with Crippen molar-refractivity contribution in [3.8, 4) is 5.75 Å². The summed E-state index contributed by atoms with van der Waals surface area (Å²) in [6.45, 7) is 7.86. The summed E-state index contributed by atoms with van der Waals surface area (Å²) in [4.78, 5) is 24.2. The minimum Gasteiger partial charge on any atom is -0.497 e. The van der Waals surface area contributed by atoms with Crippen molar-refractivity contribution in [1.82, 2.24) is 4.57 Å². The van der Waals surface area contributed by atoms with Gasteiger partial charge in [-0.15, -0.1) is 6.58 Å². The predicted molar refractivity (Wildman–Crippen MR) is 101 cm³/mol. The quantitative estimate of drug-likeness (QED) is 0.314. The van der Waals surface area contributed by atoms with E-state index in [1.165, 1.54) is 6.08 Å². The van der Waals surface area contributed by atoms with Gasteiger partial charge >= 0.3 is 5.97 Å². The van der Waals surface area contributed by atoms with E-state index >= 15 is 0 Å². The van der Waals surface area contributed by atoms with Crippen LogP contribution in [-0.2, 0) is 16.1 Å². The van der Waals surface area contributed by atoms with Crippen molar-refractivity contribution in [3.05, 3.63) is 71.6 Å². The van der Waals surface area contributed by atoms with Gasteiger partial charge in [-0.3, -0.25) is 4.79 Å². The second-order valence-electron chi connectivity index (χ2n) is 5.82. The zero-order valence-corrected chi connectivity index (χ0v) is 15.3. The number of rotatable bonds is 8. The van der Waals surface area contributed by atoms with Crippen LogP contribution < -0.4 is 4.74 Å². The average Bonchev–Trinajstić information content (AvgIpc) is 2.93. The molecule has 1 heterocycles. The topological polar surface area (TPSA) is 57.5 Å². The Balaban J connectivity index is 1.94. The number of hydrogen-bond acceptors (Lipinski definition) is 4. The van der Waals surface area contributed by atoms with Crippen LogP contribution in [0, 0.1) is 13.8 Å². The Morgan fingerprint density at radius 2 is 1.88 bits per heavy atom. The van der Waals surface area contributed by atoms with Crippen LogP contribution in [0.25, 0.3) is 6.08 Å². The Morgan fingerprint density at radius 1 is 1.19 bits per heavy atom. The molecule has 136 valence electrons. The van der Waals surface area contributed by atoms with Crippen LogP contribution in [0.3, 0.4) is 0 Å². The van der Waals surface area contributed by atoms with Gasteiger partial charge in [0.2, 0.25) is 5.78 Å². The number of ether oxygens (including phenoxy) is 2. The highest BCUT2D eigenvalue weighted by molar-refractivity contribution is 6.00. The maximum absolute atomic E-state index is 12.3. The van der Waals surface area contributed by atoms with Gasteiger partial charge in [-0.2, -0.15) is 0 Å². The van der Waals surface area contributed by atoms with Gasteiger partial charge in [-0.25, -0.2) is 4.79 Å². The molecule has 0 spiro atoms. The minimum absolute atomic E-state index is 0.223. The number of nitrogens with zero attached hydrogens (tertiary/aromatic N) is 1. The zero-order chi connectivity index (χ0) is 19.1. The molecule has 0 atom stereocenters. The summed E-state index contributed by atoms with van der Waals surface area (Å²) < 4.78 is 12.1. The summed E-state index contributed by atoms with van der Waals surface area (Å²) in [5.74, 6) is -0.0435. The Labute approximate surface area is 153 Å². The fourth-order valence-corrected chi connectivity index (χ4v) is 2.64. The molecule has 0 aliphatic rings. The van der Waals surface area contributed by atoms with Gasteiger partial charge in [0.05, 0.1) is 7.11 Å². The van der Waals surface area contributed by atoms with Crippen molar-refractivity contribution in [1.29, 1.82) is 0 Å². The average molecular weight is 353 g/mol. The third-order valence-corrected chi connectivity index (χ3v) is 4.06. The lowest BCUT2D eigenvalue weighted by atomic mass is 10.1. The van der Waals surface area contributed by atoms with Gasteiger partial charge in [0.1, 0.15) is 5.75 Å². The van der Waals surface area contributed by atoms with Crippen LogP contribution in [0.1, 0.15) is 27.3 Å². The summed E-state index contributed by atoms with van der Waals surface area (Å²) in [5, 5.41) is 0. The number of aromatic nitrogens is 1. The number of carbonyl (C=O) groups is 2. The van der Waals surface area contributed by atoms with Crippen molar-refractivity contribution < 1.29 is 19.1 Å². The highest BCUT2D eigenvalue weighted by Gasteiger charge is 2.16. The van der Waals surface area contributed by atoms with E-state index in [1.54, 1.807) is 31.4 Å². The smallest absolute Gasteiger partial charge is 0.331 e. The van der Waals surface area contributed by atoms with E-state index in [9.17, 15) is 9.59 Å². The molecule has 26 heavy (non-hydrogen) atoms. The molecule has 0 aliphatic carbocycles. The van der Waals surface area contributed by atoms with E-state index in [4.69, 9.17) is 9.47 Å². The summed E-state index contributed by atoms with van der Waals surface area (Å²) in [7, 11) is 1.59. The molecule has 2 aromatic rings. The molecule has 0 bridgehead atoms. The monoisotopic (exact) mass is 353 g/mol. The molecule has 0 aliphatic heterocycles. The largest absolute Gasteiger partial charge is 0.497 e.